The van der Waals surface area contributed by atoms with Gasteiger partial charge in [-0.05, 0) is 12.8 Å². The van der Waals surface area contributed by atoms with Gasteiger partial charge < -0.3 is 15.8 Å². The number of fused-ring (bicyclic) bond motifs is 1. The van der Waals surface area contributed by atoms with Crippen molar-refractivity contribution in [3.8, 4) is 0 Å². The van der Waals surface area contributed by atoms with Gasteiger partial charge in [-0.2, -0.15) is 13.2 Å². The predicted molar refractivity (Wildman–Crippen MR) is 66.8 cm³/mol. The number of alkyl halides is 3. The van der Waals surface area contributed by atoms with Crippen LogP contribution in [0.2, 0.25) is 0 Å². The van der Waals surface area contributed by atoms with E-state index in [4.69, 9.17) is 10.5 Å². The van der Waals surface area contributed by atoms with E-state index in [-0.39, 0.29) is 30.9 Å². The number of nitrogens with two attached hydrogens (primary N) is 1. The predicted octanol–water partition coefficient (Wildman–Crippen LogP) is 1.59. The Bertz CT molecular complexity index is 398. The molecule has 2 aliphatic rings. The van der Waals surface area contributed by atoms with E-state index in [1.54, 1.807) is 0 Å². The minimum Gasteiger partial charge on any atom is -0.377 e. The number of hydrogen-bond acceptors (Lipinski definition) is 3. The molecule has 0 aromatic rings. The molecule has 0 aromatic carbocycles. The highest BCUT2D eigenvalue weighted by atomic mass is 19.4. The molecule has 1 aliphatic carbocycles. The van der Waals surface area contributed by atoms with Crippen molar-refractivity contribution in [3.63, 3.8) is 0 Å². The van der Waals surface area contributed by atoms with Gasteiger partial charge in [0.2, 0.25) is 5.91 Å². The van der Waals surface area contributed by atoms with Crippen LogP contribution in [-0.2, 0) is 9.53 Å². The van der Waals surface area contributed by atoms with Crippen molar-refractivity contribution >= 4 is 5.91 Å². The van der Waals surface area contributed by atoms with E-state index >= 15 is 0 Å². The molecule has 3 N–H and O–H groups in total. The summed E-state index contributed by atoms with van der Waals surface area (Å²) in [6.07, 6.45) is -4.53. The average Bonchev–Trinajstić information content (AvgIpc) is 2.80. The first-order valence-corrected chi connectivity index (χ1v) is 6.86. The second-order valence-corrected chi connectivity index (χ2v) is 6.25. The normalized spacial score (nSPS) is 35.3. The second-order valence-electron chi connectivity index (χ2n) is 6.25. The molecular formula is C13H21F3N2O2. The standard InChI is InChI=1S/C13H21F3N2O2/c1-11(2)9-8(4-7-20-9)13(11,17)10(19)18-6-3-5-12(14,15)16/h8-9H,3-7,17H2,1-2H3,(H,18,19). The molecule has 1 aliphatic heterocycles. The lowest BCUT2D eigenvalue weighted by molar-refractivity contribution is -0.175. The smallest absolute Gasteiger partial charge is 0.377 e. The second kappa shape index (κ2) is 4.87. The zero-order valence-electron chi connectivity index (χ0n) is 11.7. The Labute approximate surface area is 116 Å². The Morgan fingerprint density at radius 3 is 2.70 bits per heavy atom. The van der Waals surface area contributed by atoms with Gasteiger partial charge in [0.05, 0.1) is 6.10 Å². The minimum atomic E-state index is -4.19. The van der Waals surface area contributed by atoms with Crippen LogP contribution in [0, 0.1) is 11.3 Å². The maximum Gasteiger partial charge on any atom is 0.389 e. The Morgan fingerprint density at radius 1 is 1.45 bits per heavy atom. The molecule has 2 rings (SSSR count). The van der Waals surface area contributed by atoms with E-state index in [0.29, 0.717) is 6.61 Å². The van der Waals surface area contributed by atoms with Gasteiger partial charge >= 0.3 is 6.18 Å². The summed E-state index contributed by atoms with van der Waals surface area (Å²) in [6, 6.07) is 0. The summed E-state index contributed by atoms with van der Waals surface area (Å²) in [5.41, 5.74) is 4.72. The molecular weight excluding hydrogens is 273 g/mol. The molecule has 0 bridgehead atoms. The summed E-state index contributed by atoms with van der Waals surface area (Å²) in [5.74, 6) is -0.406. The van der Waals surface area contributed by atoms with Crippen molar-refractivity contribution < 1.29 is 22.7 Å². The maximum absolute atomic E-state index is 12.3. The fourth-order valence-corrected chi connectivity index (χ4v) is 3.48. The number of amides is 1. The van der Waals surface area contributed by atoms with Crippen molar-refractivity contribution in [2.75, 3.05) is 13.2 Å². The van der Waals surface area contributed by atoms with Crippen molar-refractivity contribution in [2.45, 2.75) is 50.9 Å². The molecule has 0 aromatic heterocycles. The van der Waals surface area contributed by atoms with Gasteiger partial charge in [0.1, 0.15) is 5.54 Å². The number of ether oxygens (including phenoxy) is 1. The lowest BCUT2D eigenvalue weighted by Crippen LogP contribution is -2.80. The van der Waals surface area contributed by atoms with E-state index in [1.807, 2.05) is 13.8 Å². The third-order valence-electron chi connectivity index (χ3n) is 4.75. The first-order chi connectivity index (χ1) is 9.11. The summed E-state index contributed by atoms with van der Waals surface area (Å²) < 4.78 is 41.7. The average molecular weight is 294 g/mol. The van der Waals surface area contributed by atoms with Crippen LogP contribution >= 0.6 is 0 Å². The quantitative estimate of drug-likeness (QED) is 0.774. The molecule has 1 saturated carbocycles. The van der Waals surface area contributed by atoms with Crippen LogP contribution in [0.5, 0.6) is 0 Å². The van der Waals surface area contributed by atoms with Gasteiger partial charge in [0.25, 0.3) is 0 Å². The third kappa shape index (κ3) is 2.30. The lowest BCUT2D eigenvalue weighted by Gasteiger charge is -2.60. The van der Waals surface area contributed by atoms with E-state index in [2.05, 4.69) is 5.32 Å². The van der Waals surface area contributed by atoms with E-state index in [1.165, 1.54) is 0 Å². The van der Waals surface area contributed by atoms with E-state index < -0.39 is 23.6 Å². The highest BCUT2D eigenvalue weighted by molar-refractivity contribution is 5.89. The highest BCUT2D eigenvalue weighted by Gasteiger charge is 2.71. The minimum absolute atomic E-state index is 0.00832. The Kier molecular flexibility index (Phi) is 3.79. The number of hydrogen-bond donors (Lipinski definition) is 2. The fraction of sp³-hybridized carbons (Fsp3) is 0.923. The SMILES string of the molecule is CC1(C)C2OCCC2C1(N)C(=O)NCCCC(F)(F)F. The number of rotatable bonds is 4. The summed E-state index contributed by atoms with van der Waals surface area (Å²) in [4.78, 5) is 12.3. The molecule has 0 spiro atoms. The monoisotopic (exact) mass is 294 g/mol. The summed E-state index contributed by atoms with van der Waals surface area (Å²) in [7, 11) is 0. The third-order valence-corrected chi connectivity index (χ3v) is 4.75. The fourth-order valence-electron chi connectivity index (χ4n) is 3.48. The van der Waals surface area contributed by atoms with Crippen LogP contribution in [0.15, 0.2) is 0 Å². The van der Waals surface area contributed by atoms with Gasteiger partial charge in [-0.25, -0.2) is 0 Å². The molecule has 7 heteroatoms. The van der Waals surface area contributed by atoms with Gasteiger partial charge in [0, 0.05) is 30.9 Å². The van der Waals surface area contributed by atoms with Gasteiger partial charge in [0.15, 0.2) is 0 Å². The zero-order chi connectivity index (χ0) is 15.2. The van der Waals surface area contributed by atoms with Crippen molar-refractivity contribution in [1.82, 2.24) is 5.32 Å². The molecule has 116 valence electrons. The van der Waals surface area contributed by atoms with Crippen LogP contribution < -0.4 is 11.1 Å². The highest BCUT2D eigenvalue weighted by Crippen LogP contribution is 2.58. The van der Waals surface area contributed by atoms with Gasteiger partial charge in [-0.15, -0.1) is 0 Å². The van der Waals surface area contributed by atoms with E-state index in [9.17, 15) is 18.0 Å². The molecule has 2 fully saturated rings. The van der Waals surface area contributed by atoms with Crippen molar-refractivity contribution in [1.29, 1.82) is 0 Å². The molecule has 3 unspecified atom stereocenters. The number of nitrogens with one attached hydrogen (secondary N) is 1. The number of carbonyl (C=O) groups excluding carboxylic acids is 1. The van der Waals surface area contributed by atoms with Crippen LogP contribution in [0.25, 0.3) is 0 Å². The molecule has 1 heterocycles. The van der Waals surface area contributed by atoms with Gasteiger partial charge in [-0.1, -0.05) is 13.8 Å². The van der Waals surface area contributed by atoms with Gasteiger partial charge in [-0.3, -0.25) is 4.79 Å². The molecule has 0 radical (unpaired) electrons. The first kappa shape index (κ1) is 15.6. The largest absolute Gasteiger partial charge is 0.389 e. The Hall–Kier alpha value is -0.820. The molecule has 3 atom stereocenters. The van der Waals surface area contributed by atoms with Crippen LogP contribution in [0.4, 0.5) is 13.2 Å². The molecule has 20 heavy (non-hydrogen) atoms. The van der Waals surface area contributed by atoms with Crippen molar-refractivity contribution in [3.05, 3.63) is 0 Å². The van der Waals surface area contributed by atoms with Crippen LogP contribution in [0.1, 0.15) is 33.1 Å². The number of carbonyl (C=O) groups is 1. The first-order valence-electron chi connectivity index (χ1n) is 6.86. The summed E-state index contributed by atoms with van der Waals surface area (Å²) in [6.45, 7) is 4.31. The molecule has 1 amide bonds. The zero-order valence-corrected chi connectivity index (χ0v) is 11.7. The molecule has 4 nitrogen and oxygen atoms in total. The van der Waals surface area contributed by atoms with Crippen molar-refractivity contribution in [2.24, 2.45) is 17.1 Å². The lowest BCUT2D eigenvalue weighted by atomic mass is 9.48. The van der Waals surface area contributed by atoms with Crippen LogP contribution in [0.3, 0.4) is 0 Å². The molecule has 1 saturated heterocycles. The summed E-state index contributed by atoms with van der Waals surface area (Å²) >= 11 is 0. The van der Waals surface area contributed by atoms with Crippen LogP contribution in [-0.4, -0.2) is 36.9 Å². The summed E-state index contributed by atoms with van der Waals surface area (Å²) in [5, 5.41) is 2.55. The number of halogens is 3. The topological polar surface area (TPSA) is 64.3 Å². The van der Waals surface area contributed by atoms with E-state index in [0.717, 1.165) is 6.42 Å². The Morgan fingerprint density at radius 2 is 2.10 bits per heavy atom. The maximum atomic E-state index is 12.3. The Balaban J connectivity index is 1.89.